The molecule has 2 aliphatic rings. The maximum absolute atomic E-state index is 13.4. The van der Waals surface area contributed by atoms with Crippen molar-refractivity contribution in [1.29, 1.82) is 0 Å². The molecule has 0 bridgehead atoms. The summed E-state index contributed by atoms with van der Waals surface area (Å²) in [7, 11) is 0. The summed E-state index contributed by atoms with van der Waals surface area (Å²) >= 11 is 3.49. The van der Waals surface area contributed by atoms with Crippen molar-refractivity contribution in [1.82, 2.24) is 15.1 Å². The summed E-state index contributed by atoms with van der Waals surface area (Å²) in [6.07, 6.45) is 5.44. The van der Waals surface area contributed by atoms with Gasteiger partial charge in [-0.1, -0.05) is 72.2 Å². The van der Waals surface area contributed by atoms with Crippen LogP contribution < -0.4 is 5.32 Å². The zero-order valence-electron chi connectivity index (χ0n) is 22.1. The Balaban J connectivity index is 0.00000380. The maximum atomic E-state index is 13.4. The van der Waals surface area contributed by atoms with Crippen LogP contribution in [0.25, 0.3) is 0 Å². The molecular weight excluding hydrogens is 550 g/mol. The lowest BCUT2D eigenvalue weighted by molar-refractivity contribution is -0.139. The third kappa shape index (κ3) is 7.36. The monoisotopic (exact) mass is 589 g/mol. The van der Waals surface area contributed by atoms with Crippen LogP contribution >= 0.6 is 28.3 Å². The number of benzene rings is 2. The van der Waals surface area contributed by atoms with Gasteiger partial charge in [-0.15, -0.1) is 12.4 Å². The molecule has 1 N–H and O–H groups in total. The van der Waals surface area contributed by atoms with Gasteiger partial charge in [-0.05, 0) is 74.9 Å². The predicted octanol–water partition coefficient (Wildman–Crippen LogP) is 6.37. The Hall–Kier alpha value is -1.89. The fourth-order valence-corrected chi connectivity index (χ4v) is 6.06. The summed E-state index contributed by atoms with van der Waals surface area (Å²) in [5, 5.41) is 3.33. The van der Waals surface area contributed by atoms with Crippen molar-refractivity contribution in [2.75, 3.05) is 26.2 Å². The topological polar surface area (TPSA) is 52.7 Å². The summed E-state index contributed by atoms with van der Waals surface area (Å²) in [6, 6.07) is 18.6. The Morgan fingerprint density at radius 3 is 2.22 bits per heavy atom. The number of nitrogens with one attached hydrogen (secondary N) is 1. The van der Waals surface area contributed by atoms with Crippen molar-refractivity contribution < 1.29 is 9.59 Å². The highest BCUT2D eigenvalue weighted by atomic mass is 79.9. The van der Waals surface area contributed by atoms with Gasteiger partial charge >= 0.3 is 0 Å². The van der Waals surface area contributed by atoms with Gasteiger partial charge in [-0.25, -0.2) is 0 Å². The largest absolute Gasteiger partial charge is 0.349 e. The van der Waals surface area contributed by atoms with E-state index in [0.29, 0.717) is 12.5 Å². The number of nitrogens with zero attached hydrogens (tertiary/aromatic N) is 2. The molecule has 37 heavy (non-hydrogen) atoms. The van der Waals surface area contributed by atoms with Crippen molar-refractivity contribution in [3.05, 3.63) is 70.2 Å². The molecule has 4 rings (SSSR count). The second-order valence-corrected chi connectivity index (χ2v) is 11.4. The molecule has 2 fully saturated rings. The number of piperidine rings is 1. The Morgan fingerprint density at radius 1 is 0.973 bits per heavy atom. The van der Waals surface area contributed by atoms with Gasteiger partial charge in [0.25, 0.3) is 0 Å². The summed E-state index contributed by atoms with van der Waals surface area (Å²) in [4.78, 5) is 30.8. The molecule has 0 saturated carbocycles. The van der Waals surface area contributed by atoms with Crippen molar-refractivity contribution in [2.24, 2.45) is 11.3 Å². The van der Waals surface area contributed by atoms with E-state index in [1.54, 1.807) is 0 Å². The molecule has 1 unspecified atom stereocenters. The molecule has 2 heterocycles. The molecule has 1 atom stereocenters. The van der Waals surface area contributed by atoms with E-state index >= 15 is 0 Å². The second-order valence-electron chi connectivity index (χ2n) is 10.5. The van der Waals surface area contributed by atoms with Gasteiger partial charge in [-0.3, -0.25) is 9.59 Å². The molecule has 0 aromatic heterocycles. The van der Waals surface area contributed by atoms with E-state index in [9.17, 15) is 9.59 Å². The zero-order valence-corrected chi connectivity index (χ0v) is 24.5. The van der Waals surface area contributed by atoms with Crippen molar-refractivity contribution in [3.8, 4) is 0 Å². The average Bonchev–Trinajstić information content (AvgIpc) is 3.19. The first-order chi connectivity index (χ1) is 17.4. The van der Waals surface area contributed by atoms with E-state index in [0.717, 1.165) is 69.2 Å². The van der Waals surface area contributed by atoms with Crippen molar-refractivity contribution >= 4 is 40.2 Å². The number of rotatable bonds is 10. The lowest BCUT2D eigenvalue weighted by Gasteiger charge is -2.38. The molecule has 0 radical (unpaired) electrons. The maximum Gasteiger partial charge on any atom is 0.229 e. The van der Waals surface area contributed by atoms with Gasteiger partial charge in [0.2, 0.25) is 11.8 Å². The van der Waals surface area contributed by atoms with Crippen molar-refractivity contribution in [3.63, 3.8) is 0 Å². The van der Waals surface area contributed by atoms with Crippen LogP contribution in [-0.4, -0.2) is 47.8 Å². The van der Waals surface area contributed by atoms with Gasteiger partial charge < -0.3 is 15.1 Å². The van der Waals surface area contributed by atoms with E-state index in [1.165, 1.54) is 11.1 Å². The lowest BCUT2D eigenvalue weighted by Crippen LogP contribution is -2.45. The molecule has 2 aromatic rings. The summed E-state index contributed by atoms with van der Waals surface area (Å²) in [5.74, 6) is 0.568. The average molecular weight is 591 g/mol. The minimum absolute atomic E-state index is 0. The van der Waals surface area contributed by atoms with Gasteiger partial charge in [0.05, 0.1) is 11.5 Å². The molecule has 2 saturated heterocycles. The molecule has 0 aliphatic carbocycles. The Bertz CT molecular complexity index is 1010. The normalized spacial score (nSPS) is 18.2. The van der Waals surface area contributed by atoms with Crippen LogP contribution in [0.2, 0.25) is 0 Å². The van der Waals surface area contributed by atoms with Crippen LogP contribution in [-0.2, 0) is 16.1 Å². The molecular formula is C30H41BrClN3O2. The summed E-state index contributed by atoms with van der Waals surface area (Å²) < 4.78 is 1.06. The van der Waals surface area contributed by atoms with E-state index in [1.807, 2.05) is 30.3 Å². The SMILES string of the molecule is CCC(CC)C(=O)NC(CCN1CCC2(CC1)CCN(Cc1ccc(Br)cc1)C2=O)c1ccccc1.Cl. The van der Waals surface area contributed by atoms with Crippen LogP contribution in [0.3, 0.4) is 0 Å². The number of carbonyl (C=O) groups is 2. The third-order valence-electron chi connectivity index (χ3n) is 8.31. The Kier molecular flexibility index (Phi) is 11.0. The van der Waals surface area contributed by atoms with Crippen LogP contribution in [0.1, 0.15) is 69.5 Å². The first-order valence-electron chi connectivity index (χ1n) is 13.6. The Labute approximate surface area is 236 Å². The van der Waals surface area contributed by atoms with E-state index in [-0.39, 0.29) is 35.7 Å². The third-order valence-corrected chi connectivity index (χ3v) is 8.84. The number of hydrogen-bond acceptors (Lipinski definition) is 3. The standard InChI is InChI=1S/C30H40BrN3O2.ClH/c1-3-24(4-2)28(35)32-27(25-8-6-5-7-9-25)14-18-33-19-15-30(16-20-33)17-21-34(29(30)36)22-23-10-12-26(31)13-11-23;/h5-13,24,27H,3-4,14-22H2,1-2H3,(H,32,35);1H. The van der Waals surface area contributed by atoms with Crippen LogP contribution in [0, 0.1) is 11.3 Å². The van der Waals surface area contributed by atoms with Gasteiger partial charge in [-0.2, -0.15) is 0 Å². The number of hydrogen-bond donors (Lipinski definition) is 1. The van der Waals surface area contributed by atoms with Crippen LogP contribution in [0.15, 0.2) is 59.1 Å². The lowest BCUT2D eigenvalue weighted by atomic mass is 9.77. The zero-order chi connectivity index (χ0) is 25.5. The smallest absolute Gasteiger partial charge is 0.229 e. The molecule has 202 valence electrons. The van der Waals surface area contributed by atoms with Gasteiger partial charge in [0, 0.05) is 30.0 Å². The number of carbonyl (C=O) groups excluding carboxylic acids is 2. The number of likely N-dealkylation sites (tertiary alicyclic amines) is 2. The fraction of sp³-hybridized carbons (Fsp3) is 0.533. The fourth-order valence-electron chi connectivity index (χ4n) is 5.79. The van der Waals surface area contributed by atoms with Gasteiger partial charge in [0.15, 0.2) is 0 Å². The number of halogens is 2. The second kappa shape index (κ2) is 13.8. The Morgan fingerprint density at radius 2 is 1.59 bits per heavy atom. The minimum Gasteiger partial charge on any atom is -0.349 e. The number of amides is 2. The predicted molar refractivity (Wildman–Crippen MR) is 156 cm³/mol. The van der Waals surface area contributed by atoms with E-state index in [2.05, 4.69) is 69.2 Å². The minimum atomic E-state index is -0.186. The van der Waals surface area contributed by atoms with Crippen molar-refractivity contribution in [2.45, 2.75) is 65.0 Å². The molecule has 5 nitrogen and oxygen atoms in total. The molecule has 2 amide bonds. The molecule has 2 aliphatic heterocycles. The molecule has 1 spiro atoms. The van der Waals surface area contributed by atoms with Crippen LogP contribution in [0.5, 0.6) is 0 Å². The van der Waals surface area contributed by atoms with E-state index in [4.69, 9.17) is 0 Å². The molecule has 2 aromatic carbocycles. The van der Waals surface area contributed by atoms with Crippen LogP contribution in [0.4, 0.5) is 0 Å². The quantitative estimate of drug-likeness (QED) is 0.350. The van der Waals surface area contributed by atoms with E-state index < -0.39 is 0 Å². The highest BCUT2D eigenvalue weighted by molar-refractivity contribution is 9.10. The summed E-state index contributed by atoms with van der Waals surface area (Å²) in [6.45, 7) is 8.54. The molecule has 7 heteroatoms. The van der Waals surface area contributed by atoms with Gasteiger partial charge in [0.1, 0.15) is 0 Å². The highest BCUT2D eigenvalue weighted by Crippen LogP contribution is 2.42. The highest BCUT2D eigenvalue weighted by Gasteiger charge is 2.47. The first-order valence-corrected chi connectivity index (χ1v) is 14.3. The summed E-state index contributed by atoms with van der Waals surface area (Å²) in [5.41, 5.74) is 2.16. The first kappa shape index (κ1) is 29.7.